The van der Waals surface area contributed by atoms with Crippen LogP contribution >= 0.6 is 0 Å². The van der Waals surface area contributed by atoms with Gasteiger partial charge >= 0.3 is 0 Å². The summed E-state index contributed by atoms with van der Waals surface area (Å²) in [5.41, 5.74) is 6.75. The first-order valence-corrected chi connectivity index (χ1v) is 8.06. The molecule has 0 heterocycles. The summed E-state index contributed by atoms with van der Waals surface area (Å²) in [5, 5.41) is 0. The summed E-state index contributed by atoms with van der Waals surface area (Å²) in [6.45, 7) is 10.6. The Morgan fingerprint density at radius 3 is 1.09 bits per heavy atom. The van der Waals surface area contributed by atoms with Crippen LogP contribution in [0.4, 0.5) is 0 Å². The second kappa shape index (κ2) is 10.4. The molecule has 0 nitrogen and oxygen atoms in total. The van der Waals surface area contributed by atoms with Crippen molar-refractivity contribution >= 4 is 0 Å². The van der Waals surface area contributed by atoms with Crippen LogP contribution in [0.2, 0.25) is 0 Å². The van der Waals surface area contributed by atoms with Crippen LogP contribution < -0.4 is 0 Å². The average molecular weight is 304 g/mol. The molecule has 0 saturated heterocycles. The van der Waals surface area contributed by atoms with E-state index in [9.17, 15) is 0 Å². The zero-order chi connectivity index (χ0) is 17.1. The zero-order valence-corrected chi connectivity index (χ0v) is 15.0. The van der Waals surface area contributed by atoms with E-state index in [4.69, 9.17) is 0 Å². The number of aryl methyl sites for hydroxylation is 5. The van der Waals surface area contributed by atoms with Crippen LogP contribution in [0.5, 0.6) is 0 Å². The van der Waals surface area contributed by atoms with Crippen LogP contribution in [-0.4, -0.2) is 0 Å². The van der Waals surface area contributed by atoms with Gasteiger partial charge in [-0.05, 0) is 45.7 Å². The first-order valence-electron chi connectivity index (χ1n) is 8.06. The van der Waals surface area contributed by atoms with E-state index in [-0.39, 0.29) is 0 Å². The van der Waals surface area contributed by atoms with Crippen LogP contribution in [0.15, 0.2) is 78.9 Å². The van der Waals surface area contributed by atoms with Crippen molar-refractivity contribution in [2.24, 2.45) is 0 Å². The fraction of sp³-hybridized carbons (Fsp3) is 0.217. The van der Waals surface area contributed by atoms with Crippen molar-refractivity contribution in [3.8, 4) is 0 Å². The maximum Gasteiger partial charge on any atom is -0.0395 e. The average Bonchev–Trinajstić information content (AvgIpc) is 2.54. The van der Waals surface area contributed by atoms with E-state index in [1.807, 2.05) is 36.4 Å². The molecule has 0 fully saturated rings. The van der Waals surface area contributed by atoms with Gasteiger partial charge < -0.3 is 0 Å². The van der Waals surface area contributed by atoms with Crippen LogP contribution in [0.25, 0.3) is 0 Å². The summed E-state index contributed by atoms with van der Waals surface area (Å²) in [7, 11) is 0. The first-order chi connectivity index (χ1) is 11.0. The van der Waals surface area contributed by atoms with E-state index >= 15 is 0 Å². The van der Waals surface area contributed by atoms with E-state index in [1.54, 1.807) is 0 Å². The van der Waals surface area contributed by atoms with Crippen molar-refractivity contribution in [1.29, 1.82) is 0 Å². The molecule has 120 valence electrons. The molecule has 0 amide bonds. The lowest BCUT2D eigenvalue weighted by molar-refractivity contribution is 1.30. The maximum absolute atomic E-state index is 2.20. The molecule has 0 aliphatic heterocycles. The fourth-order valence-electron chi connectivity index (χ4n) is 1.96. The molecule has 0 N–H and O–H groups in total. The third kappa shape index (κ3) is 8.63. The van der Waals surface area contributed by atoms with Gasteiger partial charge in [-0.1, -0.05) is 95.6 Å². The Kier molecular flexibility index (Phi) is 8.46. The lowest BCUT2D eigenvalue weighted by Crippen LogP contribution is -1.79. The molecule has 0 atom stereocenters. The van der Waals surface area contributed by atoms with Gasteiger partial charge in [-0.3, -0.25) is 0 Å². The van der Waals surface area contributed by atoms with Gasteiger partial charge in [0.05, 0.1) is 0 Å². The van der Waals surface area contributed by atoms with Gasteiger partial charge in [-0.2, -0.15) is 0 Å². The maximum atomic E-state index is 2.20. The van der Waals surface area contributed by atoms with Gasteiger partial charge in [0.2, 0.25) is 0 Å². The smallest absolute Gasteiger partial charge is 0.0395 e. The first kappa shape index (κ1) is 18.7. The molecule has 3 rings (SSSR count). The summed E-state index contributed by atoms with van der Waals surface area (Å²) in [6, 6.07) is 27.0. The summed E-state index contributed by atoms with van der Waals surface area (Å²) in [6.07, 6.45) is 0. The molecule has 0 unspecified atom stereocenters. The van der Waals surface area contributed by atoms with E-state index in [2.05, 4.69) is 77.1 Å². The van der Waals surface area contributed by atoms with Crippen molar-refractivity contribution in [3.05, 3.63) is 107 Å². The number of benzene rings is 3. The molecule has 3 aromatic rings. The lowest BCUT2D eigenvalue weighted by atomic mass is 10.1. The Morgan fingerprint density at radius 1 is 0.391 bits per heavy atom. The summed E-state index contributed by atoms with van der Waals surface area (Å²) >= 11 is 0. The van der Waals surface area contributed by atoms with Gasteiger partial charge in [-0.25, -0.2) is 0 Å². The molecular weight excluding hydrogens is 276 g/mol. The second-order valence-corrected chi connectivity index (χ2v) is 5.90. The van der Waals surface area contributed by atoms with E-state index < -0.39 is 0 Å². The highest BCUT2D eigenvalue weighted by atomic mass is 13.9. The van der Waals surface area contributed by atoms with Gasteiger partial charge in [0, 0.05) is 0 Å². The van der Waals surface area contributed by atoms with Crippen LogP contribution in [0.1, 0.15) is 27.8 Å². The van der Waals surface area contributed by atoms with E-state index in [0.29, 0.717) is 0 Å². The zero-order valence-electron chi connectivity index (χ0n) is 15.0. The molecule has 0 bridgehead atoms. The minimum atomic E-state index is 1.32. The largest absolute Gasteiger partial charge is 0.0622 e. The molecule has 0 aliphatic rings. The predicted octanol–water partition coefficient (Wildman–Crippen LogP) is 6.60. The third-order valence-corrected chi connectivity index (χ3v) is 3.54. The van der Waals surface area contributed by atoms with Crippen molar-refractivity contribution in [3.63, 3.8) is 0 Å². The highest BCUT2D eigenvalue weighted by Gasteiger charge is 1.89. The molecule has 0 heteroatoms. The molecule has 3 aromatic carbocycles. The predicted molar refractivity (Wildman–Crippen MR) is 103 cm³/mol. The molecule has 0 radical (unpaired) electrons. The minimum absolute atomic E-state index is 1.32. The highest BCUT2D eigenvalue weighted by molar-refractivity contribution is 5.28. The normalized spacial score (nSPS) is 9.09. The van der Waals surface area contributed by atoms with Crippen molar-refractivity contribution < 1.29 is 0 Å². The van der Waals surface area contributed by atoms with E-state index in [0.717, 1.165) is 0 Å². The molecule has 0 aliphatic carbocycles. The summed E-state index contributed by atoms with van der Waals surface area (Å²) in [5.74, 6) is 0. The Bertz CT molecular complexity index is 629. The van der Waals surface area contributed by atoms with Gasteiger partial charge in [0.1, 0.15) is 0 Å². The Hall–Kier alpha value is -2.34. The Balaban J connectivity index is 0.000000175. The third-order valence-electron chi connectivity index (χ3n) is 3.54. The van der Waals surface area contributed by atoms with Crippen LogP contribution in [0.3, 0.4) is 0 Å². The fourth-order valence-corrected chi connectivity index (χ4v) is 1.96. The topological polar surface area (TPSA) is 0 Å². The number of hydrogen-bond acceptors (Lipinski definition) is 0. The van der Waals surface area contributed by atoms with E-state index in [1.165, 1.54) is 27.8 Å². The van der Waals surface area contributed by atoms with Gasteiger partial charge in [-0.15, -0.1) is 0 Å². The highest BCUT2D eigenvalue weighted by Crippen LogP contribution is 2.07. The second-order valence-electron chi connectivity index (χ2n) is 5.90. The molecule has 0 spiro atoms. The molecule has 0 aromatic heterocycles. The SMILES string of the molecule is Cc1ccc(C)c(C)c1.Cc1ccccc1.Cc1ccccc1. The van der Waals surface area contributed by atoms with Crippen molar-refractivity contribution in [2.45, 2.75) is 34.6 Å². The standard InChI is InChI=1S/C9H12.2C7H8/c1-7-4-5-8(2)9(3)6-7;2*1-7-5-3-2-4-6-7/h4-6H,1-3H3;2*2-6H,1H3. The van der Waals surface area contributed by atoms with Crippen molar-refractivity contribution in [1.82, 2.24) is 0 Å². The Labute approximate surface area is 141 Å². The summed E-state index contributed by atoms with van der Waals surface area (Å²) in [4.78, 5) is 0. The van der Waals surface area contributed by atoms with Crippen molar-refractivity contribution in [2.75, 3.05) is 0 Å². The monoisotopic (exact) mass is 304 g/mol. The van der Waals surface area contributed by atoms with Gasteiger partial charge in [0.15, 0.2) is 0 Å². The summed E-state index contributed by atoms with van der Waals surface area (Å²) < 4.78 is 0. The molecule has 0 saturated carbocycles. The van der Waals surface area contributed by atoms with Crippen LogP contribution in [-0.2, 0) is 0 Å². The van der Waals surface area contributed by atoms with Gasteiger partial charge in [0.25, 0.3) is 0 Å². The lowest BCUT2D eigenvalue weighted by Gasteiger charge is -1.98. The Morgan fingerprint density at radius 2 is 0.826 bits per heavy atom. The number of rotatable bonds is 0. The quantitative estimate of drug-likeness (QED) is 0.439. The minimum Gasteiger partial charge on any atom is -0.0622 e. The molecule has 23 heavy (non-hydrogen) atoms. The van der Waals surface area contributed by atoms with Crippen LogP contribution in [0, 0.1) is 34.6 Å². The molecular formula is C23H28. The number of hydrogen-bond donors (Lipinski definition) is 0.